The maximum atomic E-state index is 5.67. The first-order chi connectivity index (χ1) is 9.34. The number of hydrogen-bond acceptors (Lipinski definition) is 3. The van der Waals surface area contributed by atoms with Crippen molar-refractivity contribution in [3.8, 4) is 0 Å². The molecule has 0 atom stereocenters. The Kier molecular flexibility index (Phi) is 7.18. The normalized spacial score (nSPS) is 21.2. The second kappa shape index (κ2) is 8.93. The van der Waals surface area contributed by atoms with Gasteiger partial charge in [-0.3, -0.25) is 0 Å². The highest BCUT2D eigenvalue weighted by atomic mass is 16.5. The van der Waals surface area contributed by atoms with E-state index < -0.39 is 0 Å². The maximum Gasteiger partial charge on any atom is 0.0593 e. The molecule has 2 fully saturated rings. The Morgan fingerprint density at radius 2 is 1.79 bits per heavy atom. The smallest absolute Gasteiger partial charge is 0.0593 e. The summed E-state index contributed by atoms with van der Waals surface area (Å²) in [5.41, 5.74) is 0. The average Bonchev–Trinajstić information content (AvgIpc) is 3.25. The van der Waals surface area contributed by atoms with Crippen LogP contribution in [-0.4, -0.2) is 51.3 Å². The summed E-state index contributed by atoms with van der Waals surface area (Å²) in [5, 5.41) is 3.62. The average molecular weight is 268 g/mol. The molecule has 3 heteroatoms. The van der Waals surface area contributed by atoms with E-state index in [1.807, 2.05) is 0 Å². The lowest BCUT2D eigenvalue weighted by atomic mass is 9.89. The third-order valence-corrected chi connectivity index (χ3v) is 4.50. The first-order valence-corrected chi connectivity index (χ1v) is 8.31. The van der Waals surface area contributed by atoms with E-state index in [9.17, 15) is 0 Å². The standard InChI is InChI=1S/C16H32N2O/c1-18(11-12-19-14-16-7-8-16)10-9-17-13-15-5-3-2-4-6-15/h15-17H,2-14H2,1H3. The molecule has 2 aliphatic carbocycles. The first-order valence-electron chi connectivity index (χ1n) is 8.31. The van der Waals surface area contributed by atoms with Gasteiger partial charge in [-0.2, -0.15) is 0 Å². The first kappa shape index (κ1) is 15.3. The van der Waals surface area contributed by atoms with Gasteiger partial charge in [-0.15, -0.1) is 0 Å². The summed E-state index contributed by atoms with van der Waals surface area (Å²) in [6.07, 6.45) is 10.0. The van der Waals surface area contributed by atoms with Gasteiger partial charge in [-0.25, -0.2) is 0 Å². The van der Waals surface area contributed by atoms with Crippen LogP contribution in [0.1, 0.15) is 44.9 Å². The van der Waals surface area contributed by atoms with E-state index in [1.54, 1.807) is 0 Å². The molecular formula is C16H32N2O. The van der Waals surface area contributed by atoms with Crippen LogP contribution in [-0.2, 0) is 4.74 Å². The maximum absolute atomic E-state index is 5.67. The second-order valence-electron chi connectivity index (χ2n) is 6.53. The van der Waals surface area contributed by atoms with Gasteiger partial charge in [0.25, 0.3) is 0 Å². The van der Waals surface area contributed by atoms with Crippen LogP contribution in [0.25, 0.3) is 0 Å². The molecule has 0 aromatic carbocycles. The van der Waals surface area contributed by atoms with Crippen LogP contribution in [0.15, 0.2) is 0 Å². The SMILES string of the molecule is CN(CCNCC1CCCCC1)CCOCC1CC1. The highest BCUT2D eigenvalue weighted by Gasteiger charge is 2.20. The minimum atomic E-state index is 0.891. The zero-order valence-corrected chi connectivity index (χ0v) is 12.7. The Morgan fingerprint density at radius 1 is 1.00 bits per heavy atom. The van der Waals surface area contributed by atoms with Crippen molar-refractivity contribution in [3.63, 3.8) is 0 Å². The van der Waals surface area contributed by atoms with Gasteiger partial charge in [0.05, 0.1) is 6.61 Å². The third-order valence-electron chi connectivity index (χ3n) is 4.50. The number of rotatable bonds is 10. The van der Waals surface area contributed by atoms with Crippen LogP contribution < -0.4 is 5.32 Å². The van der Waals surface area contributed by atoms with E-state index in [4.69, 9.17) is 4.74 Å². The van der Waals surface area contributed by atoms with Gasteiger partial charge in [-0.1, -0.05) is 19.3 Å². The van der Waals surface area contributed by atoms with Crippen molar-refractivity contribution in [2.45, 2.75) is 44.9 Å². The summed E-state index contributed by atoms with van der Waals surface area (Å²) in [4.78, 5) is 2.38. The van der Waals surface area contributed by atoms with E-state index in [1.165, 1.54) is 51.5 Å². The Labute approximate surface area is 119 Å². The van der Waals surface area contributed by atoms with Crippen molar-refractivity contribution in [3.05, 3.63) is 0 Å². The molecule has 0 amide bonds. The fourth-order valence-corrected chi connectivity index (χ4v) is 2.83. The lowest BCUT2D eigenvalue weighted by Gasteiger charge is -2.23. The van der Waals surface area contributed by atoms with Gasteiger partial charge in [0.2, 0.25) is 0 Å². The molecule has 0 radical (unpaired) electrons. The fourth-order valence-electron chi connectivity index (χ4n) is 2.83. The minimum absolute atomic E-state index is 0.891. The Morgan fingerprint density at radius 3 is 2.53 bits per heavy atom. The Bertz CT molecular complexity index is 225. The molecule has 0 bridgehead atoms. The lowest BCUT2D eigenvalue weighted by molar-refractivity contribution is 0.103. The molecule has 0 heterocycles. The van der Waals surface area contributed by atoms with Crippen molar-refractivity contribution in [1.82, 2.24) is 10.2 Å². The highest BCUT2D eigenvalue weighted by Crippen LogP contribution is 2.28. The summed E-state index contributed by atoms with van der Waals surface area (Å²) in [6, 6.07) is 0. The molecule has 1 N–H and O–H groups in total. The molecule has 0 saturated heterocycles. The number of likely N-dealkylation sites (N-methyl/N-ethyl adjacent to an activating group) is 1. The molecule has 112 valence electrons. The molecule has 0 unspecified atom stereocenters. The van der Waals surface area contributed by atoms with E-state index in [0.717, 1.165) is 44.7 Å². The number of ether oxygens (including phenoxy) is 1. The molecule has 3 nitrogen and oxygen atoms in total. The summed E-state index contributed by atoms with van der Waals surface area (Å²) in [5.74, 6) is 1.84. The molecule has 2 rings (SSSR count). The summed E-state index contributed by atoms with van der Waals surface area (Å²) in [6.45, 7) is 6.45. The molecule has 0 aliphatic heterocycles. The van der Waals surface area contributed by atoms with Crippen LogP contribution in [0.2, 0.25) is 0 Å². The zero-order chi connectivity index (χ0) is 13.3. The van der Waals surface area contributed by atoms with Gasteiger partial charge < -0.3 is 15.0 Å². The third kappa shape index (κ3) is 7.28. The van der Waals surface area contributed by atoms with Gasteiger partial charge in [0, 0.05) is 26.2 Å². The molecular weight excluding hydrogens is 236 g/mol. The molecule has 0 aromatic rings. The summed E-state index contributed by atoms with van der Waals surface area (Å²) in [7, 11) is 2.20. The van der Waals surface area contributed by atoms with Crippen molar-refractivity contribution in [1.29, 1.82) is 0 Å². The minimum Gasteiger partial charge on any atom is -0.380 e. The Balaban J connectivity index is 1.36. The van der Waals surface area contributed by atoms with Crippen LogP contribution >= 0.6 is 0 Å². The molecule has 2 aliphatic rings. The monoisotopic (exact) mass is 268 g/mol. The number of nitrogens with zero attached hydrogens (tertiary/aromatic N) is 1. The highest BCUT2D eigenvalue weighted by molar-refractivity contribution is 4.72. The van der Waals surface area contributed by atoms with Gasteiger partial charge >= 0.3 is 0 Å². The van der Waals surface area contributed by atoms with Crippen LogP contribution in [0.5, 0.6) is 0 Å². The Hall–Kier alpha value is -0.120. The number of hydrogen-bond donors (Lipinski definition) is 1. The predicted octanol–water partition coefficient (Wildman–Crippen LogP) is 2.51. The van der Waals surface area contributed by atoms with Crippen LogP contribution in [0, 0.1) is 11.8 Å². The predicted molar refractivity (Wildman–Crippen MR) is 80.5 cm³/mol. The van der Waals surface area contributed by atoms with E-state index in [0.29, 0.717) is 0 Å². The van der Waals surface area contributed by atoms with Gasteiger partial charge in [-0.05, 0) is 51.1 Å². The van der Waals surface area contributed by atoms with E-state index in [2.05, 4.69) is 17.3 Å². The summed E-state index contributed by atoms with van der Waals surface area (Å²) < 4.78 is 5.67. The van der Waals surface area contributed by atoms with Crippen molar-refractivity contribution in [2.75, 3.05) is 46.4 Å². The number of nitrogens with one attached hydrogen (secondary N) is 1. The fraction of sp³-hybridized carbons (Fsp3) is 1.00. The summed E-state index contributed by atoms with van der Waals surface area (Å²) >= 11 is 0. The topological polar surface area (TPSA) is 24.5 Å². The van der Waals surface area contributed by atoms with Crippen molar-refractivity contribution in [2.24, 2.45) is 11.8 Å². The van der Waals surface area contributed by atoms with Crippen LogP contribution in [0.4, 0.5) is 0 Å². The molecule has 19 heavy (non-hydrogen) atoms. The molecule has 0 spiro atoms. The molecule has 0 aromatic heterocycles. The quantitative estimate of drug-likeness (QED) is 0.616. The van der Waals surface area contributed by atoms with E-state index >= 15 is 0 Å². The van der Waals surface area contributed by atoms with E-state index in [-0.39, 0.29) is 0 Å². The van der Waals surface area contributed by atoms with Gasteiger partial charge in [0.15, 0.2) is 0 Å². The molecule has 2 saturated carbocycles. The van der Waals surface area contributed by atoms with Crippen molar-refractivity contribution < 1.29 is 4.74 Å². The van der Waals surface area contributed by atoms with Crippen LogP contribution in [0.3, 0.4) is 0 Å². The largest absolute Gasteiger partial charge is 0.380 e. The zero-order valence-electron chi connectivity index (χ0n) is 12.7. The van der Waals surface area contributed by atoms with Crippen molar-refractivity contribution >= 4 is 0 Å². The lowest BCUT2D eigenvalue weighted by Crippen LogP contribution is -2.34. The van der Waals surface area contributed by atoms with Gasteiger partial charge in [0.1, 0.15) is 0 Å². The second-order valence-corrected chi connectivity index (χ2v) is 6.53.